The van der Waals surface area contributed by atoms with Gasteiger partial charge in [-0.1, -0.05) is 73.7 Å². The van der Waals surface area contributed by atoms with E-state index in [0.29, 0.717) is 12.0 Å². The summed E-state index contributed by atoms with van der Waals surface area (Å²) in [5.74, 6) is -0.940. The Morgan fingerprint density at radius 3 is 2.50 bits per heavy atom. The zero-order chi connectivity index (χ0) is 26.6. The second-order valence-electron chi connectivity index (χ2n) is 8.28. The number of nitrogens with zero attached hydrogens (tertiary/aromatic N) is 1. The molecule has 5 nitrogen and oxygen atoms in total. The van der Waals surface area contributed by atoms with Crippen LogP contribution in [0.1, 0.15) is 65.4 Å². The van der Waals surface area contributed by atoms with Crippen molar-refractivity contribution in [3.63, 3.8) is 0 Å². The van der Waals surface area contributed by atoms with E-state index in [4.69, 9.17) is 5.11 Å². The molecule has 2 N–H and O–H groups in total. The minimum atomic E-state index is -0.767. The topological polar surface area (TPSA) is 78.8 Å². The molecule has 0 saturated heterocycles. The maximum absolute atomic E-state index is 13.1. The Morgan fingerprint density at radius 2 is 1.83 bits per heavy atom. The molecule has 0 aliphatic heterocycles. The summed E-state index contributed by atoms with van der Waals surface area (Å²) in [6.45, 7) is 7.95. The van der Waals surface area contributed by atoms with Gasteiger partial charge in [-0.15, -0.1) is 0 Å². The lowest BCUT2D eigenvalue weighted by Crippen LogP contribution is -2.34. The van der Waals surface area contributed by atoms with Crippen molar-refractivity contribution in [2.45, 2.75) is 65.8 Å². The van der Waals surface area contributed by atoms with Crippen LogP contribution in [0, 0.1) is 0 Å². The van der Waals surface area contributed by atoms with E-state index < -0.39 is 5.97 Å². The van der Waals surface area contributed by atoms with Crippen LogP contribution in [0.2, 0.25) is 0 Å². The second-order valence-corrected chi connectivity index (χ2v) is 8.28. The van der Waals surface area contributed by atoms with E-state index >= 15 is 0 Å². The van der Waals surface area contributed by atoms with Crippen molar-refractivity contribution in [2.75, 3.05) is 0 Å². The van der Waals surface area contributed by atoms with E-state index in [1.54, 1.807) is 24.4 Å². The highest BCUT2D eigenvalue weighted by Gasteiger charge is 2.12. The number of carbonyl (C=O) groups is 2. The van der Waals surface area contributed by atoms with E-state index in [1.807, 2.05) is 81.5 Å². The minimum absolute atomic E-state index is 0.127. The van der Waals surface area contributed by atoms with Crippen molar-refractivity contribution in [1.29, 1.82) is 0 Å². The zero-order valence-electron chi connectivity index (χ0n) is 22.0. The summed E-state index contributed by atoms with van der Waals surface area (Å²) in [4.78, 5) is 28.1. The third-order valence-electron chi connectivity index (χ3n) is 5.26. The first kappa shape index (κ1) is 30.3. The number of nitrogens with one attached hydrogen (secondary N) is 1. The standard InChI is InChI=1S/C31H40N2O3/c1-5-17-27(18-6-2)26(4)33-31(36)29(21-12-9-7-8-10-15-23-30(34)35)22-16-24-32-25(3)28-19-13-11-14-20-28/h5,7,9,11-14,16-22,24,26H,6,8,10,15,23H2,1-4H3,(H,33,36)(H,34,35)/b9-7+,17-5-,21-12+,24-16+,27-18+,29-22+,32-25+. The number of rotatable bonds is 15. The first-order valence-corrected chi connectivity index (χ1v) is 12.5. The van der Waals surface area contributed by atoms with Crippen molar-refractivity contribution in [3.8, 4) is 0 Å². The van der Waals surface area contributed by atoms with Gasteiger partial charge < -0.3 is 10.4 Å². The molecule has 1 unspecified atom stereocenters. The van der Waals surface area contributed by atoms with Crippen LogP contribution in [0.15, 0.2) is 107 Å². The monoisotopic (exact) mass is 488 g/mol. The lowest BCUT2D eigenvalue weighted by Gasteiger charge is -2.16. The molecule has 1 atom stereocenters. The van der Waals surface area contributed by atoms with Gasteiger partial charge in [0.1, 0.15) is 0 Å². The highest BCUT2D eigenvalue weighted by atomic mass is 16.4. The van der Waals surface area contributed by atoms with Gasteiger partial charge in [0.25, 0.3) is 5.91 Å². The molecule has 0 radical (unpaired) electrons. The Morgan fingerprint density at radius 1 is 1.08 bits per heavy atom. The van der Waals surface area contributed by atoms with Crippen LogP contribution in [0.5, 0.6) is 0 Å². The highest BCUT2D eigenvalue weighted by molar-refractivity contribution is 5.99. The summed E-state index contributed by atoms with van der Waals surface area (Å²) >= 11 is 0. The van der Waals surface area contributed by atoms with Crippen molar-refractivity contribution >= 4 is 17.6 Å². The Kier molecular flexibility index (Phi) is 15.6. The van der Waals surface area contributed by atoms with Crippen molar-refractivity contribution in [2.24, 2.45) is 4.99 Å². The number of hydrogen-bond donors (Lipinski definition) is 2. The van der Waals surface area contributed by atoms with E-state index in [2.05, 4.69) is 23.3 Å². The van der Waals surface area contributed by atoms with Crippen LogP contribution in [0.3, 0.4) is 0 Å². The zero-order valence-corrected chi connectivity index (χ0v) is 22.0. The van der Waals surface area contributed by atoms with Gasteiger partial charge in [-0.05, 0) is 75.8 Å². The number of hydrogen-bond acceptors (Lipinski definition) is 3. The highest BCUT2D eigenvalue weighted by Crippen LogP contribution is 2.09. The Labute approximate surface area is 216 Å². The molecule has 0 heterocycles. The number of carboxylic acid groups (broad SMARTS) is 1. The fraction of sp³-hybridized carbons (Fsp3) is 0.323. The van der Waals surface area contributed by atoms with Crippen LogP contribution < -0.4 is 5.32 Å². The first-order chi connectivity index (χ1) is 17.4. The third kappa shape index (κ3) is 13.2. The van der Waals surface area contributed by atoms with Gasteiger partial charge in [0.15, 0.2) is 0 Å². The Hall–Kier alpha value is -3.73. The quantitative estimate of drug-likeness (QED) is 0.119. The van der Waals surface area contributed by atoms with Gasteiger partial charge in [0, 0.05) is 23.9 Å². The van der Waals surface area contributed by atoms with Crippen LogP contribution in [-0.4, -0.2) is 28.7 Å². The summed E-state index contributed by atoms with van der Waals surface area (Å²) in [7, 11) is 0. The molecule has 1 amide bonds. The fourth-order valence-corrected chi connectivity index (χ4v) is 3.32. The molecule has 0 aromatic heterocycles. The maximum atomic E-state index is 13.1. The number of carbonyl (C=O) groups excluding carboxylic acids is 1. The number of carboxylic acids is 1. The Balaban J connectivity index is 2.96. The van der Waals surface area contributed by atoms with Gasteiger partial charge in [-0.25, -0.2) is 0 Å². The minimum Gasteiger partial charge on any atom is -0.481 e. The summed E-state index contributed by atoms with van der Waals surface area (Å²) in [6.07, 6.45) is 22.1. The lowest BCUT2D eigenvalue weighted by atomic mass is 10.1. The van der Waals surface area contributed by atoms with Gasteiger partial charge in [-0.2, -0.15) is 0 Å². The van der Waals surface area contributed by atoms with Gasteiger partial charge in [0.05, 0.1) is 6.04 Å². The van der Waals surface area contributed by atoms with Crippen LogP contribution >= 0.6 is 0 Å². The summed E-state index contributed by atoms with van der Waals surface area (Å²) in [6, 6.07) is 9.80. The molecule has 0 aliphatic rings. The average Bonchev–Trinajstić information content (AvgIpc) is 2.86. The van der Waals surface area contributed by atoms with E-state index in [0.717, 1.165) is 36.1 Å². The largest absolute Gasteiger partial charge is 0.481 e. The van der Waals surface area contributed by atoms with Gasteiger partial charge in [0.2, 0.25) is 0 Å². The molecule has 0 saturated carbocycles. The Bertz CT molecular complexity index is 1030. The molecule has 36 heavy (non-hydrogen) atoms. The van der Waals surface area contributed by atoms with Crippen molar-refractivity contribution < 1.29 is 14.7 Å². The lowest BCUT2D eigenvalue weighted by molar-refractivity contribution is -0.137. The third-order valence-corrected chi connectivity index (χ3v) is 5.26. The molecule has 1 aromatic rings. The molecule has 1 rings (SSSR count). The second kappa shape index (κ2) is 18.6. The average molecular weight is 489 g/mol. The molecule has 192 valence electrons. The molecular weight excluding hydrogens is 448 g/mol. The molecule has 0 fully saturated rings. The number of amides is 1. The molecular formula is C31H40N2O3. The maximum Gasteiger partial charge on any atom is 0.303 e. The number of allylic oxidation sites excluding steroid dienone is 7. The van der Waals surface area contributed by atoms with E-state index in [1.165, 1.54) is 0 Å². The predicted octanol–water partition coefficient (Wildman–Crippen LogP) is 7.11. The molecule has 5 heteroatoms. The number of unbranched alkanes of at least 4 members (excludes halogenated alkanes) is 2. The van der Waals surface area contributed by atoms with Crippen LogP contribution in [0.4, 0.5) is 0 Å². The number of benzene rings is 1. The van der Waals surface area contributed by atoms with Gasteiger partial charge in [-0.3, -0.25) is 14.6 Å². The number of aliphatic carboxylic acids is 1. The molecule has 0 bridgehead atoms. The summed E-state index contributed by atoms with van der Waals surface area (Å²) < 4.78 is 0. The van der Waals surface area contributed by atoms with E-state index in [9.17, 15) is 9.59 Å². The normalized spacial score (nSPS) is 14.4. The smallest absolute Gasteiger partial charge is 0.303 e. The molecule has 0 aliphatic carbocycles. The number of aliphatic imine (C=N–C) groups is 1. The first-order valence-electron chi connectivity index (χ1n) is 12.5. The fourth-order valence-electron chi connectivity index (χ4n) is 3.32. The van der Waals surface area contributed by atoms with Crippen LogP contribution in [0.25, 0.3) is 0 Å². The van der Waals surface area contributed by atoms with Crippen LogP contribution in [-0.2, 0) is 9.59 Å². The van der Waals surface area contributed by atoms with E-state index in [-0.39, 0.29) is 18.4 Å². The molecule has 0 spiro atoms. The predicted molar refractivity (Wildman–Crippen MR) is 151 cm³/mol. The summed E-state index contributed by atoms with van der Waals surface area (Å²) in [5, 5.41) is 11.8. The SMILES string of the molecule is C/C=C\C(=C/CC)C(C)NC(=O)C(/C=C/C=C/CCCCC(=O)O)=C/C=C/N=C(\C)c1ccccc1. The van der Waals surface area contributed by atoms with Crippen molar-refractivity contribution in [1.82, 2.24) is 5.32 Å². The molecule has 1 aromatic carbocycles. The van der Waals surface area contributed by atoms with Gasteiger partial charge >= 0.3 is 5.97 Å². The summed E-state index contributed by atoms with van der Waals surface area (Å²) in [5.41, 5.74) is 3.52. The van der Waals surface area contributed by atoms with Crippen molar-refractivity contribution in [3.05, 3.63) is 108 Å².